The molecule has 5 rings (SSSR count). The zero-order valence-corrected chi connectivity index (χ0v) is 21.0. The Kier molecular flexibility index (Phi) is 7.06. The summed E-state index contributed by atoms with van der Waals surface area (Å²) in [6.45, 7) is 4.01. The highest BCUT2D eigenvalue weighted by Gasteiger charge is 2.36. The smallest absolute Gasteiger partial charge is 0.415 e. The van der Waals surface area contributed by atoms with Gasteiger partial charge in [0.1, 0.15) is 17.4 Å². The summed E-state index contributed by atoms with van der Waals surface area (Å²) in [7, 11) is 1.60. The number of hydrogen-bond acceptors (Lipinski definition) is 9. The summed E-state index contributed by atoms with van der Waals surface area (Å²) in [4.78, 5) is 14.3. The van der Waals surface area contributed by atoms with Gasteiger partial charge < -0.3 is 34.3 Å². The second-order valence-electron chi connectivity index (χ2n) is 8.58. The number of allylic oxidation sites excluding steroid dienone is 1. The average molecular weight is 518 g/mol. The molecule has 1 aromatic heterocycles. The number of morpholine rings is 1. The Morgan fingerprint density at radius 3 is 2.66 bits per heavy atom. The van der Waals surface area contributed by atoms with E-state index in [1.807, 2.05) is 31.2 Å². The van der Waals surface area contributed by atoms with Gasteiger partial charge in [0.25, 0.3) is 0 Å². The molecule has 1 amide bonds. The third-order valence-corrected chi connectivity index (χ3v) is 6.39. The van der Waals surface area contributed by atoms with Crippen molar-refractivity contribution in [3.05, 3.63) is 65.0 Å². The number of nitrogens with two attached hydrogens (primary N) is 1. The molecular weight excluding hydrogens is 490 g/mol. The summed E-state index contributed by atoms with van der Waals surface area (Å²) in [6, 6.07) is 14.8. The fourth-order valence-electron chi connectivity index (χ4n) is 4.52. The Bertz CT molecular complexity index is 1400. The van der Waals surface area contributed by atoms with E-state index in [9.17, 15) is 10.1 Å². The van der Waals surface area contributed by atoms with Crippen LogP contribution in [0.5, 0.6) is 23.1 Å². The normalized spacial score (nSPS) is 16.8. The molecule has 196 valence electrons. The molecule has 3 N–H and O–H groups in total. The van der Waals surface area contributed by atoms with Crippen LogP contribution in [0.4, 0.5) is 4.79 Å². The van der Waals surface area contributed by atoms with Gasteiger partial charge in [-0.3, -0.25) is 5.10 Å². The molecule has 0 radical (unpaired) electrons. The number of nitrogens with zero attached hydrogens (tertiary/aromatic N) is 3. The molecule has 1 unspecified atom stereocenters. The number of benzene rings is 2. The number of carbonyl (C=O) groups excluding carboxylic acids is 1. The number of aromatic amines is 1. The van der Waals surface area contributed by atoms with Crippen molar-refractivity contribution in [2.45, 2.75) is 12.8 Å². The van der Waals surface area contributed by atoms with Crippen LogP contribution in [-0.4, -0.2) is 61.2 Å². The molecule has 11 nitrogen and oxygen atoms in total. The minimum absolute atomic E-state index is 0.0291. The molecule has 2 aliphatic rings. The van der Waals surface area contributed by atoms with Crippen LogP contribution in [0, 0.1) is 11.3 Å². The number of ether oxygens (including phenoxy) is 5. The van der Waals surface area contributed by atoms with Gasteiger partial charge in [-0.2, -0.15) is 5.26 Å². The maximum absolute atomic E-state index is 12.7. The molecule has 0 bridgehead atoms. The van der Waals surface area contributed by atoms with Crippen molar-refractivity contribution < 1.29 is 28.5 Å². The van der Waals surface area contributed by atoms with Crippen LogP contribution in [0.1, 0.15) is 24.0 Å². The first kappa shape index (κ1) is 25.0. The first-order valence-corrected chi connectivity index (χ1v) is 12.2. The van der Waals surface area contributed by atoms with Crippen LogP contribution in [0.3, 0.4) is 0 Å². The van der Waals surface area contributed by atoms with Crippen LogP contribution >= 0.6 is 0 Å². The van der Waals surface area contributed by atoms with Crippen molar-refractivity contribution in [1.29, 1.82) is 5.26 Å². The van der Waals surface area contributed by atoms with E-state index in [1.165, 1.54) is 0 Å². The van der Waals surface area contributed by atoms with E-state index in [0.717, 1.165) is 5.56 Å². The fourth-order valence-corrected chi connectivity index (χ4v) is 4.52. The summed E-state index contributed by atoms with van der Waals surface area (Å²) in [6.07, 6.45) is -0.478. The minimum Gasteiger partial charge on any atom is -0.497 e. The van der Waals surface area contributed by atoms with E-state index < -0.39 is 12.0 Å². The third-order valence-electron chi connectivity index (χ3n) is 6.39. The molecule has 0 saturated carbocycles. The molecule has 3 aromatic rings. The third kappa shape index (κ3) is 4.69. The van der Waals surface area contributed by atoms with Crippen molar-refractivity contribution in [1.82, 2.24) is 15.1 Å². The van der Waals surface area contributed by atoms with Gasteiger partial charge in [-0.15, -0.1) is 5.10 Å². The monoisotopic (exact) mass is 517 g/mol. The number of nitrogens with one attached hydrogen (secondary N) is 1. The quantitative estimate of drug-likeness (QED) is 0.501. The lowest BCUT2D eigenvalue weighted by Gasteiger charge is -2.27. The molecule has 0 spiro atoms. The van der Waals surface area contributed by atoms with Gasteiger partial charge in [0.2, 0.25) is 11.8 Å². The van der Waals surface area contributed by atoms with E-state index in [0.29, 0.717) is 61.2 Å². The topological polar surface area (TPSA) is 145 Å². The van der Waals surface area contributed by atoms with Crippen molar-refractivity contribution in [2.75, 3.05) is 40.0 Å². The summed E-state index contributed by atoms with van der Waals surface area (Å²) >= 11 is 0. The van der Waals surface area contributed by atoms with Gasteiger partial charge in [0.15, 0.2) is 11.5 Å². The van der Waals surface area contributed by atoms with E-state index >= 15 is 0 Å². The standard InChI is InChI=1S/C27H27N5O6/c1-3-36-21-14-17(6-9-20(21)37-27(33)32-10-12-35-13-11-32)22-19(15-28)25(29)38-26-23(22)24(30-31-26)16-4-7-18(34-2)8-5-16/h4-9,14,22H,3,10-13,29H2,1-2H3,(H,30,31). The lowest BCUT2D eigenvalue weighted by molar-refractivity contribution is 0.0413. The van der Waals surface area contributed by atoms with E-state index in [-0.39, 0.29) is 23.1 Å². The number of nitriles is 1. The minimum atomic E-state index is -0.609. The number of hydrogen-bond donors (Lipinski definition) is 2. The van der Waals surface area contributed by atoms with Crippen molar-refractivity contribution >= 4 is 6.09 Å². The predicted octanol–water partition coefficient (Wildman–Crippen LogP) is 3.53. The SMILES string of the molecule is CCOc1cc(C2C(C#N)=C(N)Oc3n[nH]c(-c4ccc(OC)cc4)c32)ccc1OC(=O)N1CCOCC1. The molecule has 38 heavy (non-hydrogen) atoms. The van der Waals surface area contributed by atoms with Crippen molar-refractivity contribution in [3.63, 3.8) is 0 Å². The summed E-state index contributed by atoms with van der Waals surface area (Å²) in [5.74, 6) is 0.988. The van der Waals surface area contributed by atoms with Gasteiger partial charge in [0.05, 0.1) is 44.1 Å². The molecule has 3 heterocycles. The Morgan fingerprint density at radius 1 is 1.21 bits per heavy atom. The molecule has 2 aromatic carbocycles. The number of carbonyl (C=O) groups is 1. The largest absolute Gasteiger partial charge is 0.497 e. The van der Waals surface area contributed by atoms with Crippen LogP contribution in [0.2, 0.25) is 0 Å². The summed E-state index contributed by atoms with van der Waals surface area (Å²) in [5, 5.41) is 17.4. The van der Waals surface area contributed by atoms with Crippen molar-refractivity contribution in [2.24, 2.45) is 5.73 Å². The number of H-pyrrole nitrogens is 1. The van der Waals surface area contributed by atoms with Crippen LogP contribution in [0.15, 0.2) is 53.9 Å². The van der Waals surface area contributed by atoms with Gasteiger partial charge >= 0.3 is 6.09 Å². The van der Waals surface area contributed by atoms with Crippen LogP contribution in [-0.2, 0) is 4.74 Å². The maximum atomic E-state index is 12.7. The fraction of sp³-hybridized carbons (Fsp3) is 0.296. The molecule has 1 saturated heterocycles. The Hall–Kier alpha value is -4.69. The van der Waals surface area contributed by atoms with Gasteiger partial charge in [-0.05, 0) is 48.9 Å². The molecular formula is C27H27N5O6. The average Bonchev–Trinajstić information content (AvgIpc) is 3.37. The number of amides is 1. The number of rotatable bonds is 6. The molecule has 2 aliphatic heterocycles. The van der Waals surface area contributed by atoms with Crippen molar-refractivity contribution in [3.8, 4) is 40.5 Å². The van der Waals surface area contributed by atoms with Gasteiger partial charge in [-0.25, -0.2) is 4.79 Å². The van der Waals surface area contributed by atoms with E-state index in [4.69, 9.17) is 29.4 Å². The summed E-state index contributed by atoms with van der Waals surface area (Å²) < 4.78 is 27.8. The highest BCUT2D eigenvalue weighted by molar-refractivity contribution is 5.73. The highest BCUT2D eigenvalue weighted by Crippen LogP contribution is 2.47. The Morgan fingerprint density at radius 2 is 1.97 bits per heavy atom. The second kappa shape index (κ2) is 10.7. The van der Waals surface area contributed by atoms with Crippen LogP contribution in [0.25, 0.3) is 11.3 Å². The second-order valence-corrected chi connectivity index (χ2v) is 8.58. The lowest BCUT2D eigenvalue weighted by Crippen LogP contribution is -2.42. The summed E-state index contributed by atoms with van der Waals surface area (Å²) in [5.41, 5.74) is 9.22. The number of methoxy groups -OCH3 is 1. The van der Waals surface area contributed by atoms with Crippen LogP contribution < -0.4 is 24.7 Å². The lowest BCUT2D eigenvalue weighted by atomic mass is 9.83. The first-order chi connectivity index (χ1) is 18.5. The Labute approximate surface area is 219 Å². The zero-order chi connectivity index (χ0) is 26.6. The molecule has 11 heteroatoms. The van der Waals surface area contributed by atoms with Gasteiger partial charge in [-0.1, -0.05) is 6.07 Å². The first-order valence-electron chi connectivity index (χ1n) is 12.2. The molecule has 0 aliphatic carbocycles. The van der Waals surface area contributed by atoms with E-state index in [1.54, 1.807) is 30.2 Å². The predicted molar refractivity (Wildman–Crippen MR) is 136 cm³/mol. The molecule has 1 fully saturated rings. The Balaban J connectivity index is 1.55. The maximum Gasteiger partial charge on any atom is 0.415 e. The molecule has 1 atom stereocenters. The number of aromatic nitrogens is 2. The highest BCUT2D eigenvalue weighted by atomic mass is 16.6. The zero-order valence-electron chi connectivity index (χ0n) is 21.0. The van der Waals surface area contributed by atoms with E-state index in [2.05, 4.69) is 16.3 Å². The number of fused-ring (bicyclic) bond motifs is 1. The van der Waals surface area contributed by atoms with Gasteiger partial charge in [0, 0.05) is 18.7 Å².